The molecule has 0 aliphatic heterocycles. The summed E-state index contributed by atoms with van der Waals surface area (Å²) in [5.41, 5.74) is 1.63. The first-order valence-electron chi connectivity index (χ1n) is 8.08. The molecule has 0 unspecified atom stereocenters. The third kappa shape index (κ3) is 3.39. The Morgan fingerprint density at radius 2 is 1.69 bits per heavy atom. The van der Waals surface area contributed by atoms with Gasteiger partial charge in [-0.1, -0.05) is 18.5 Å². The van der Waals surface area contributed by atoms with Crippen LogP contribution in [-0.2, 0) is 4.79 Å². The van der Waals surface area contributed by atoms with Gasteiger partial charge in [-0.3, -0.25) is 14.4 Å². The average Bonchev–Trinajstić information content (AvgIpc) is 2.99. The summed E-state index contributed by atoms with van der Waals surface area (Å²) in [6.45, 7) is 3.12. The maximum atomic E-state index is 12.9. The Labute approximate surface area is 154 Å². The molecule has 3 aromatic rings. The first-order valence-corrected chi connectivity index (χ1v) is 8.46. The van der Waals surface area contributed by atoms with Crippen LogP contribution in [0.4, 0.5) is 0 Å². The van der Waals surface area contributed by atoms with E-state index < -0.39 is 5.97 Å². The van der Waals surface area contributed by atoms with E-state index in [-0.39, 0.29) is 29.4 Å². The van der Waals surface area contributed by atoms with Crippen LogP contribution in [0.2, 0.25) is 5.02 Å². The van der Waals surface area contributed by atoms with Crippen molar-refractivity contribution in [2.75, 3.05) is 0 Å². The largest absolute Gasteiger partial charge is 0.423 e. The molecule has 0 radical (unpaired) electrons. The monoisotopic (exact) mass is 369 g/mol. The van der Waals surface area contributed by atoms with E-state index in [0.29, 0.717) is 27.1 Å². The molecule has 1 N–H and O–H groups in total. The van der Waals surface area contributed by atoms with E-state index >= 15 is 0 Å². The van der Waals surface area contributed by atoms with Crippen LogP contribution in [0.1, 0.15) is 46.7 Å². The van der Waals surface area contributed by atoms with Crippen molar-refractivity contribution >= 4 is 40.0 Å². The number of ketones is 2. The Balaban J connectivity index is 2.17. The highest BCUT2D eigenvalue weighted by molar-refractivity contribution is 6.30. The van der Waals surface area contributed by atoms with Crippen LogP contribution in [0.25, 0.3) is 10.9 Å². The summed E-state index contributed by atoms with van der Waals surface area (Å²) in [5.74, 6) is -0.785. The second-order valence-corrected chi connectivity index (χ2v) is 6.25. The number of fused-ring (bicyclic) bond motifs is 1. The zero-order chi connectivity index (χ0) is 18.8. The molecule has 0 bridgehead atoms. The number of carbonyl (C=O) groups is 3. The third-order valence-electron chi connectivity index (χ3n) is 4.00. The van der Waals surface area contributed by atoms with Crippen LogP contribution < -0.4 is 4.74 Å². The molecule has 26 heavy (non-hydrogen) atoms. The van der Waals surface area contributed by atoms with Gasteiger partial charge in [-0.2, -0.15) is 0 Å². The van der Waals surface area contributed by atoms with Crippen molar-refractivity contribution in [1.29, 1.82) is 0 Å². The van der Waals surface area contributed by atoms with Crippen molar-refractivity contribution in [1.82, 2.24) is 4.98 Å². The van der Waals surface area contributed by atoms with Gasteiger partial charge in [0.15, 0.2) is 11.5 Å². The van der Waals surface area contributed by atoms with Gasteiger partial charge in [-0.25, -0.2) is 0 Å². The van der Waals surface area contributed by atoms with E-state index in [1.54, 1.807) is 49.4 Å². The number of aromatic nitrogens is 1. The SMILES string of the molecule is CCC(=O)Oc1c(C(=O)c2ccc(Cl)cc2)[nH]c2ccc(C(C)=O)cc12. The van der Waals surface area contributed by atoms with Gasteiger partial charge in [0.2, 0.25) is 5.78 Å². The van der Waals surface area contributed by atoms with E-state index in [1.165, 1.54) is 6.92 Å². The van der Waals surface area contributed by atoms with Crippen molar-refractivity contribution in [3.8, 4) is 5.75 Å². The Kier molecular flexibility index (Phi) is 4.91. The number of benzene rings is 2. The van der Waals surface area contributed by atoms with Crippen molar-refractivity contribution in [3.05, 3.63) is 64.3 Å². The second-order valence-electron chi connectivity index (χ2n) is 5.81. The summed E-state index contributed by atoms with van der Waals surface area (Å²) >= 11 is 5.87. The lowest BCUT2D eigenvalue weighted by Crippen LogP contribution is -2.10. The van der Waals surface area contributed by atoms with Crippen molar-refractivity contribution in [3.63, 3.8) is 0 Å². The molecule has 132 valence electrons. The minimum absolute atomic E-state index is 0.119. The number of esters is 1. The quantitative estimate of drug-likeness (QED) is 0.528. The fourth-order valence-corrected chi connectivity index (χ4v) is 2.71. The van der Waals surface area contributed by atoms with Crippen LogP contribution in [0.5, 0.6) is 5.75 Å². The molecule has 0 aliphatic carbocycles. The summed E-state index contributed by atoms with van der Waals surface area (Å²) in [5, 5.41) is 1.03. The van der Waals surface area contributed by atoms with Crippen molar-refractivity contribution < 1.29 is 19.1 Å². The van der Waals surface area contributed by atoms with Crippen LogP contribution in [0, 0.1) is 0 Å². The summed E-state index contributed by atoms with van der Waals surface area (Å²) in [6.07, 6.45) is 0.160. The molecule has 5 nitrogen and oxygen atoms in total. The lowest BCUT2D eigenvalue weighted by molar-refractivity contribution is -0.133. The van der Waals surface area contributed by atoms with Gasteiger partial charge in [0.25, 0.3) is 0 Å². The predicted molar refractivity (Wildman–Crippen MR) is 99.1 cm³/mol. The lowest BCUT2D eigenvalue weighted by atomic mass is 10.1. The molecule has 0 saturated heterocycles. The van der Waals surface area contributed by atoms with Crippen LogP contribution in [-0.4, -0.2) is 22.5 Å². The number of Topliss-reactive ketones (excluding diaryl/α,β-unsaturated/α-hetero) is 1. The molecule has 0 fully saturated rings. The molecule has 3 rings (SSSR count). The second kappa shape index (κ2) is 7.14. The number of rotatable bonds is 5. The molecule has 0 aliphatic rings. The minimum atomic E-state index is -0.468. The first-order chi connectivity index (χ1) is 12.4. The highest BCUT2D eigenvalue weighted by Gasteiger charge is 2.23. The van der Waals surface area contributed by atoms with E-state index in [1.807, 2.05) is 0 Å². The highest BCUT2D eigenvalue weighted by Crippen LogP contribution is 2.33. The van der Waals surface area contributed by atoms with Gasteiger partial charge in [-0.15, -0.1) is 0 Å². The average molecular weight is 370 g/mol. The van der Waals surface area contributed by atoms with Gasteiger partial charge in [0, 0.05) is 33.5 Å². The Hall–Kier alpha value is -2.92. The number of halogens is 1. The molecular formula is C20H16ClNO4. The Morgan fingerprint density at radius 1 is 1.04 bits per heavy atom. The van der Waals surface area contributed by atoms with E-state index in [4.69, 9.17) is 16.3 Å². The van der Waals surface area contributed by atoms with Crippen LogP contribution >= 0.6 is 11.6 Å². The Bertz CT molecular complexity index is 1020. The molecule has 2 aromatic carbocycles. The molecule has 0 amide bonds. The number of carbonyl (C=O) groups excluding carboxylic acids is 3. The fraction of sp³-hybridized carbons (Fsp3) is 0.150. The number of aromatic amines is 1. The predicted octanol–water partition coefficient (Wildman–Crippen LogP) is 4.57. The molecule has 6 heteroatoms. The fourth-order valence-electron chi connectivity index (χ4n) is 2.58. The zero-order valence-electron chi connectivity index (χ0n) is 14.3. The molecule has 1 aromatic heterocycles. The first kappa shape index (κ1) is 17.9. The van der Waals surface area contributed by atoms with Gasteiger partial charge in [-0.05, 0) is 49.4 Å². The summed E-state index contributed by atoms with van der Waals surface area (Å²) in [6, 6.07) is 11.4. The van der Waals surface area contributed by atoms with Crippen LogP contribution in [0.3, 0.4) is 0 Å². The van der Waals surface area contributed by atoms with E-state index in [0.717, 1.165) is 0 Å². The molecule has 0 atom stereocenters. The van der Waals surface area contributed by atoms with Crippen LogP contribution in [0.15, 0.2) is 42.5 Å². The van der Waals surface area contributed by atoms with Gasteiger partial charge < -0.3 is 9.72 Å². The number of hydrogen-bond acceptors (Lipinski definition) is 4. The molecule has 0 saturated carbocycles. The zero-order valence-corrected chi connectivity index (χ0v) is 15.0. The summed E-state index contributed by atoms with van der Waals surface area (Å²) < 4.78 is 5.42. The molecule has 0 spiro atoms. The number of hydrogen-bond donors (Lipinski definition) is 1. The Morgan fingerprint density at radius 3 is 2.31 bits per heavy atom. The number of nitrogens with one attached hydrogen (secondary N) is 1. The summed E-state index contributed by atoms with van der Waals surface area (Å²) in [4.78, 5) is 39.4. The number of ether oxygens (including phenoxy) is 1. The van der Waals surface area contributed by atoms with Gasteiger partial charge in [0.1, 0.15) is 5.69 Å². The topological polar surface area (TPSA) is 76.2 Å². The smallest absolute Gasteiger partial charge is 0.310 e. The van der Waals surface area contributed by atoms with Gasteiger partial charge in [0.05, 0.1) is 0 Å². The van der Waals surface area contributed by atoms with Crippen molar-refractivity contribution in [2.24, 2.45) is 0 Å². The maximum Gasteiger partial charge on any atom is 0.310 e. The van der Waals surface area contributed by atoms with Crippen molar-refractivity contribution in [2.45, 2.75) is 20.3 Å². The lowest BCUT2D eigenvalue weighted by Gasteiger charge is -2.05. The highest BCUT2D eigenvalue weighted by atomic mass is 35.5. The van der Waals surface area contributed by atoms with E-state index in [9.17, 15) is 14.4 Å². The standard InChI is InChI=1S/C20H16ClNO4/c1-3-17(24)26-20-15-10-13(11(2)23)6-9-16(15)22-18(20)19(25)12-4-7-14(21)8-5-12/h4-10,22H,3H2,1-2H3. The number of H-pyrrole nitrogens is 1. The van der Waals surface area contributed by atoms with E-state index in [2.05, 4.69) is 4.98 Å². The summed E-state index contributed by atoms with van der Waals surface area (Å²) in [7, 11) is 0. The maximum absolute atomic E-state index is 12.9. The normalized spacial score (nSPS) is 10.7. The van der Waals surface area contributed by atoms with Gasteiger partial charge >= 0.3 is 5.97 Å². The minimum Gasteiger partial charge on any atom is -0.423 e. The molecule has 1 heterocycles. The molecular weight excluding hydrogens is 354 g/mol. The third-order valence-corrected chi connectivity index (χ3v) is 4.25.